The summed E-state index contributed by atoms with van der Waals surface area (Å²) in [6.07, 6.45) is -0.486. The lowest BCUT2D eigenvalue weighted by molar-refractivity contribution is -0.144. The van der Waals surface area contributed by atoms with Gasteiger partial charge < -0.3 is 9.64 Å². The number of hydrogen-bond donors (Lipinski definition) is 0. The van der Waals surface area contributed by atoms with Gasteiger partial charge in [0.1, 0.15) is 12.1 Å². The third-order valence-electron chi connectivity index (χ3n) is 7.53. The molecule has 2 atom stereocenters. The fraction of sp³-hybridized carbons (Fsp3) is 0.242. The number of benzene rings is 3. The van der Waals surface area contributed by atoms with Crippen LogP contribution in [0.5, 0.6) is 0 Å². The van der Waals surface area contributed by atoms with E-state index in [0.29, 0.717) is 16.8 Å². The molecule has 0 aliphatic carbocycles. The number of rotatable bonds is 7. The summed E-state index contributed by atoms with van der Waals surface area (Å²) in [6.45, 7) is 5.05. The van der Waals surface area contributed by atoms with E-state index in [1.807, 2.05) is 6.07 Å². The topological polar surface area (TPSA) is 104 Å². The van der Waals surface area contributed by atoms with Crippen molar-refractivity contribution in [3.8, 4) is 0 Å². The van der Waals surface area contributed by atoms with Crippen molar-refractivity contribution in [1.29, 1.82) is 0 Å². The van der Waals surface area contributed by atoms with Crippen LogP contribution < -0.4 is 0 Å². The van der Waals surface area contributed by atoms with Crippen LogP contribution in [0, 0.1) is 0 Å². The molecule has 3 aromatic carbocycles. The zero-order chi connectivity index (χ0) is 30.1. The highest BCUT2D eigenvalue weighted by Crippen LogP contribution is 2.39. The van der Waals surface area contributed by atoms with E-state index >= 15 is 0 Å². The molecule has 0 saturated heterocycles. The number of imide groups is 2. The molecule has 0 fully saturated rings. The zero-order valence-electron chi connectivity index (χ0n) is 23.8. The largest absolute Gasteiger partial charge is 0.459 e. The Morgan fingerprint density at radius 3 is 1.88 bits per heavy atom. The molecule has 2 heterocycles. The lowest BCUT2D eigenvalue weighted by Gasteiger charge is -2.42. The molecule has 9 heteroatoms. The number of fused-ring (bicyclic) bond motifs is 1. The normalized spacial score (nSPS) is 17.6. The van der Waals surface area contributed by atoms with Crippen LogP contribution in [0.1, 0.15) is 58.7 Å². The molecule has 0 spiro atoms. The first-order valence-corrected chi connectivity index (χ1v) is 13.7. The minimum absolute atomic E-state index is 0.0331. The van der Waals surface area contributed by atoms with Crippen molar-refractivity contribution in [3.63, 3.8) is 0 Å². The summed E-state index contributed by atoms with van der Waals surface area (Å²) < 4.78 is 5.56. The van der Waals surface area contributed by atoms with Crippen LogP contribution in [0.4, 0.5) is 4.79 Å². The van der Waals surface area contributed by atoms with E-state index in [-0.39, 0.29) is 23.1 Å². The van der Waals surface area contributed by atoms with Gasteiger partial charge in [-0.1, -0.05) is 72.8 Å². The van der Waals surface area contributed by atoms with Gasteiger partial charge in [0.15, 0.2) is 0 Å². The van der Waals surface area contributed by atoms with Crippen LogP contribution >= 0.6 is 0 Å². The van der Waals surface area contributed by atoms with Gasteiger partial charge >= 0.3 is 12.0 Å². The third-order valence-corrected chi connectivity index (χ3v) is 7.53. The van der Waals surface area contributed by atoms with Crippen LogP contribution in [0.25, 0.3) is 0 Å². The van der Waals surface area contributed by atoms with Gasteiger partial charge in [0.25, 0.3) is 17.7 Å². The lowest BCUT2D eigenvalue weighted by atomic mass is 9.91. The fourth-order valence-corrected chi connectivity index (χ4v) is 5.41. The maximum Gasteiger partial charge on any atom is 0.338 e. The fourth-order valence-electron chi connectivity index (χ4n) is 5.41. The summed E-state index contributed by atoms with van der Waals surface area (Å²) in [7, 11) is 1.47. The number of carbonyl (C=O) groups excluding carboxylic acids is 5. The molecule has 42 heavy (non-hydrogen) atoms. The highest BCUT2D eigenvalue weighted by atomic mass is 16.5. The Hall–Kier alpha value is -5.05. The van der Waals surface area contributed by atoms with Crippen molar-refractivity contribution < 1.29 is 28.7 Å². The average molecular weight is 566 g/mol. The van der Waals surface area contributed by atoms with Gasteiger partial charge in [-0.3, -0.25) is 19.3 Å². The molecule has 0 aromatic heterocycles. The van der Waals surface area contributed by atoms with Crippen molar-refractivity contribution in [2.75, 3.05) is 7.05 Å². The highest BCUT2D eigenvalue weighted by Gasteiger charge is 2.50. The van der Waals surface area contributed by atoms with Gasteiger partial charge in [-0.25, -0.2) is 14.5 Å². The van der Waals surface area contributed by atoms with Crippen LogP contribution in [-0.2, 0) is 20.7 Å². The molecule has 0 radical (unpaired) electrons. The van der Waals surface area contributed by atoms with Crippen LogP contribution in [0.2, 0.25) is 0 Å². The molecule has 5 amide bonds. The Labute approximate surface area is 244 Å². The van der Waals surface area contributed by atoms with E-state index in [0.717, 1.165) is 9.80 Å². The minimum Gasteiger partial charge on any atom is -0.459 e. The summed E-state index contributed by atoms with van der Waals surface area (Å²) in [5.41, 5.74) is 2.02. The van der Waals surface area contributed by atoms with Crippen molar-refractivity contribution in [2.24, 2.45) is 0 Å². The Balaban J connectivity index is 1.67. The van der Waals surface area contributed by atoms with E-state index in [1.54, 1.807) is 99.6 Å². The van der Waals surface area contributed by atoms with Crippen LogP contribution in [-0.4, -0.2) is 63.6 Å². The Morgan fingerprint density at radius 1 is 0.810 bits per heavy atom. The van der Waals surface area contributed by atoms with Crippen molar-refractivity contribution >= 4 is 29.7 Å². The second kappa shape index (κ2) is 11.4. The summed E-state index contributed by atoms with van der Waals surface area (Å²) in [4.78, 5) is 72.6. The summed E-state index contributed by atoms with van der Waals surface area (Å²) in [6, 6.07) is 20.8. The monoisotopic (exact) mass is 565 g/mol. The van der Waals surface area contributed by atoms with Crippen molar-refractivity contribution in [1.82, 2.24) is 14.7 Å². The van der Waals surface area contributed by atoms with Gasteiger partial charge in [0.05, 0.1) is 22.8 Å². The number of carbonyl (C=O) groups is 5. The molecule has 0 unspecified atom stereocenters. The maximum absolute atomic E-state index is 14.7. The van der Waals surface area contributed by atoms with Gasteiger partial charge in [0, 0.05) is 19.2 Å². The Morgan fingerprint density at radius 2 is 1.33 bits per heavy atom. The molecule has 2 aliphatic heterocycles. The first-order chi connectivity index (χ1) is 20.1. The number of nitrogens with zero attached hydrogens (tertiary/aromatic N) is 3. The molecule has 9 nitrogen and oxygen atoms in total. The number of urea groups is 1. The quantitative estimate of drug-likeness (QED) is 0.302. The van der Waals surface area contributed by atoms with Gasteiger partial charge in [-0.05, 0) is 44.0 Å². The molecule has 3 aromatic rings. The number of ether oxygens (including phenoxy) is 1. The molecule has 0 N–H and O–H groups in total. The number of allylic oxidation sites excluding steroid dienone is 1. The predicted molar refractivity (Wildman–Crippen MR) is 154 cm³/mol. The van der Waals surface area contributed by atoms with Gasteiger partial charge in [-0.15, -0.1) is 0 Å². The summed E-state index contributed by atoms with van der Waals surface area (Å²) in [5, 5.41) is 0. The van der Waals surface area contributed by atoms with Crippen LogP contribution in [0.3, 0.4) is 0 Å². The maximum atomic E-state index is 14.7. The molecular weight excluding hydrogens is 534 g/mol. The molecule has 214 valence electrons. The number of hydrogen-bond acceptors (Lipinski definition) is 6. The minimum atomic E-state index is -1.37. The molecular formula is C33H31N3O6. The van der Waals surface area contributed by atoms with Crippen LogP contribution in [0.15, 0.2) is 96.2 Å². The third kappa shape index (κ3) is 4.98. The smallest absolute Gasteiger partial charge is 0.338 e. The standard InChI is InChI=1S/C33H31N3O6/c1-20(2)42-32(40)27-21(3)34(4)33(41)36(28(27)23-15-9-6-10-16-23)31(39)26(19-22-13-7-5-8-14-22)35-29(37)24-17-11-12-18-25(24)30(35)38/h5-18,20,26,28H,19H2,1-4H3/t26-,28-/m0/s1. The number of esters is 1. The summed E-state index contributed by atoms with van der Waals surface area (Å²) >= 11 is 0. The first-order valence-electron chi connectivity index (χ1n) is 13.7. The second-order valence-corrected chi connectivity index (χ2v) is 10.5. The molecule has 5 rings (SSSR count). The molecule has 0 saturated carbocycles. The van der Waals surface area contributed by atoms with Gasteiger partial charge in [-0.2, -0.15) is 0 Å². The molecule has 0 bridgehead atoms. The first kappa shape index (κ1) is 28.5. The SMILES string of the molecule is CC1=C(C(=O)OC(C)C)[C@H](c2ccccc2)N(C(=O)[C@H](Cc2ccccc2)N2C(=O)c3ccccc3C2=O)C(=O)N1C. The van der Waals surface area contributed by atoms with E-state index in [4.69, 9.17) is 4.74 Å². The Bertz CT molecular complexity index is 1560. The van der Waals surface area contributed by atoms with E-state index in [2.05, 4.69) is 0 Å². The Kier molecular flexibility index (Phi) is 7.76. The van der Waals surface area contributed by atoms with E-state index in [1.165, 1.54) is 11.9 Å². The van der Waals surface area contributed by atoms with E-state index in [9.17, 15) is 24.0 Å². The van der Waals surface area contributed by atoms with Crippen molar-refractivity contribution in [2.45, 2.75) is 45.4 Å². The molecule has 2 aliphatic rings. The van der Waals surface area contributed by atoms with E-state index < -0.39 is 47.9 Å². The van der Waals surface area contributed by atoms with Crippen molar-refractivity contribution in [3.05, 3.63) is 118 Å². The zero-order valence-corrected chi connectivity index (χ0v) is 23.8. The predicted octanol–water partition coefficient (Wildman–Crippen LogP) is 4.75. The number of amides is 5. The highest BCUT2D eigenvalue weighted by molar-refractivity contribution is 6.23. The average Bonchev–Trinajstić information content (AvgIpc) is 3.24. The second-order valence-electron chi connectivity index (χ2n) is 10.5. The van der Waals surface area contributed by atoms with Gasteiger partial charge in [0.2, 0.25) is 0 Å². The lowest BCUT2D eigenvalue weighted by Crippen LogP contribution is -2.58. The summed E-state index contributed by atoms with van der Waals surface area (Å²) in [5.74, 6) is -2.70.